The van der Waals surface area contributed by atoms with Crippen molar-refractivity contribution in [3.05, 3.63) is 66.1 Å². The molecule has 0 amide bonds. The number of aromatic amines is 1. The second-order valence-electron chi connectivity index (χ2n) is 9.02. The number of thioether (sulfide) groups is 1. The van der Waals surface area contributed by atoms with Gasteiger partial charge in [0.25, 0.3) is 0 Å². The van der Waals surface area contributed by atoms with Crippen LogP contribution in [-0.2, 0) is 0 Å². The largest absolute Gasteiger partial charge is 0.497 e. The van der Waals surface area contributed by atoms with Crippen molar-refractivity contribution >= 4 is 28.4 Å². The molecule has 5 rings (SSSR count). The summed E-state index contributed by atoms with van der Waals surface area (Å²) in [5, 5.41) is 10.5. The Morgan fingerprint density at radius 3 is 2.51 bits per heavy atom. The molecule has 3 heterocycles. The Kier molecular flexibility index (Phi) is 6.92. The van der Waals surface area contributed by atoms with Gasteiger partial charge in [-0.3, -0.25) is 14.3 Å². The maximum atomic E-state index is 13.4. The molecular formula is C27H31N5O2S. The maximum absolute atomic E-state index is 13.4. The van der Waals surface area contributed by atoms with Gasteiger partial charge in [-0.2, -0.15) is 0 Å². The summed E-state index contributed by atoms with van der Waals surface area (Å²) < 4.78 is 7.46. The van der Waals surface area contributed by atoms with Crippen molar-refractivity contribution < 1.29 is 9.53 Å². The number of carbonyl (C=O) groups is 1. The van der Waals surface area contributed by atoms with Gasteiger partial charge in [-0.05, 0) is 70.1 Å². The maximum Gasteiger partial charge on any atom is 0.196 e. The van der Waals surface area contributed by atoms with E-state index in [1.54, 1.807) is 7.11 Å². The highest BCUT2D eigenvalue weighted by Gasteiger charge is 2.28. The highest BCUT2D eigenvalue weighted by atomic mass is 32.2. The number of methoxy groups -OCH3 is 1. The van der Waals surface area contributed by atoms with E-state index in [0.717, 1.165) is 46.4 Å². The molecule has 2 atom stereocenters. The van der Waals surface area contributed by atoms with Gasteiger partial charge < -0.3 is 9.72 Å². The number of hydrogen-bond donors (Lipinski definition) is 1. The molecule has 1 N–H and O–H groups in total. The van der Waals surface area contributed by atoms with Gasteiger partial charge in [0.05, 0.1) is 18.4 Å². The van der Waals surface area contributed by atoms with Crippen molar-refractivity contribution in [2.45, 2.75) is 49.6 Å². The molecule has 8 heteroatoms. The average molecular weight is 490 g/mol. The van der Waals surface area contributed by atoms with Crippen LogP contribution in [0.3, 0.4) is 0 Å². The van der Waals surface area contributed by atoms with E-state index in [4.69, 9.17) is 4.74 Å². The monoisotopic (exact) mass is 489 g/mol. The van der Waals surface area contributed by atoms with Crippen LogP contribution in [0.1, 0.15) is 55.3 Å². The van der Waals surface area contributed by atoms with Gasteiger partial charge in [0, 0.05) is 28.4 Å². The van der Waals surface area contributed by atoms with Crippen LogP contribution in [0.15, 0.2) is 59.9 Å². The molecule has 1 fully saturated rings. The zero-order valence-electron chi connectivity index (χ0n) is 20.4. The number of carbonyl (C=O) groups excluding carboxylic acids is 1. The van der Waals surface area contributed by atoms with E-state index in [1.165, 1.54) is 31.0 Å². The molecule has 1 aliphatic heterocycles. The smallest absolute Gasteiger partial charge is 0.196 e. The summed E-state index contributed by atoms with van der Waals surface area (Å²) in [7, 11) is 1.66. The van der Waals surface area contributed by atoms with E-state index in [0.29, 0.717) is 5.56 Å². The molecule has 0 saturated carbocycles. The normalized spacial score (nSPS) is 16.3. The molecule has 2 aromatic carbocycles. The Hall–Kier alpha value is -3.10. The van der Waals surface area contributed by atoms with Crippen molar-refractivity contribution in [1.29, 1.82) is 0 Å². The molecule has 182 valence electrons. The minimum absolute atomic E-state index is 0.0716. The number of rotatable bonds is 8. The van der Waals surface area contributed by atoms with Crippen molar-refractivity contribution in [3.8, 4) is 11.4 Å². The van der Waals surface area contributed by atoms with Crippen molar-refractivity contribution in [2.75, 3.05) is 20.2 Å². The molecule has 0 aliphatic carbocycles. The van der Waals surface area contributed by atoms with E-state index in [2.05, 4.69) is 31.6 Å². The molecule has 7 nitrogen and oxygen atoms in total. The van der Waals surface area contributed by atoms with Crippen molar-refractivity contribution in [1.82, 2.24) is 24.6 Å². The number of ketones is 1. The summed E-state index contributed by atoms with van der Waals surface area (Å²) in [4.78, 5) is 19.1. The second kappa shape index (κ2) is 10.3. The predicted molar refractivity (Wildman–Crippen MR) is 140 cm³/mol. The lowest BCUT2D eigenvalue weighted by Crippen LogP contribution is -2.33. The van der Waals surface area contributed by atoms with Crippen molar-refractivity contribution in [2.24, 2.45) is 0 Å². The molecule has 1 aliphatic rings. The number of benzene rings is 2. The number of fused-ring (bicyclic) bond motifs is 1. The fourth-order valence-corrected chi connectivity index (χ4v) is 5.72. The molecule has 2 aromatic heterocycles. The number of nitrogens with one attached hydrogen (secondary N) is 1. The van der Waals surface area contributed by atoms with Gasteiger partial charge in [-0.15, -0.1) is 10.2 Å². The van der Waals surface area contributed by atoms with E-state index < -0.39 is 0 Å². The van der Waals surface area contributed by atoms with Crippen LogP contribution in [-0.4, -0.2) is 55.9 Å². The number of H-pyrrole nitrogens is 1. The fraction of sp³-hybridized carbons (Fsp3) is 0.370. The number of aromatic nitrogens is 4. The summed E-state index contributed by atoms with van der Waals surface area (Å²) in [6, 6.07) is 15.9. The van der Waals surface area contributed by atoms with Gasteiger partial charge in [0.1, 0.15) is 5.75 Å². The van der Waals surface area contributed by atoms with Gasteiger partial charge in [0.15, 0.2) is 16.8 Å². The van der Waals surface area contributed by atoms with Crippen LogP contribution in [0.25, 0.3) is 16.6 Å². The van der Waals surface area contributed by atoms with Crippen LogP contribution < -0.4 is 4.74 Å². The van der Waals surface area contributed by atoms with E-state index in [9.17, 15) is 4.79 Å². The fourth-order valence-electron chi connectivity index (χ4n) is 4.78. The molecule has 0 radical (unpaired) electrons. The van der Waals surface area contributed by atoms with Crippen LogP contribution in [0.5, 0.6) is 5.75 Å². The lowest BCUT2D eigenvalue weighted by molar-refractivity contribution is 0.0995. The Balaban J connectivity index is 1.47. The number of ether oxygens (including phenoxy) is 1. The lowest BCUT2D eigenvalue weighted by atomic mass is 10.1. The summed E-state index contributed by atoms with van der Waals surface area (Å²) >= 11 is 1.45. The van der Waals surface area contributed by atoms with Gasteiger partial charge in [-0.25, -0.2) is 0 Å². The Morgan fingerprint density at radius 2 is 1.77 bits per heavy atom. The minimum Gasteiger partial charge on any atom is -0.497 e. The van der Waals surface area contributed by atoms with E-state index >= 15 is 0 Å². The third kappa shape index (κ3) is 4.73. The van der Waals surface area contributed by atoms with Crippen LogP contribution in [0, 0.1) is 0 Å². The minimum atomic E-state index is -0.325. The molecule has 4 aromatic rings. The third-order valence-electron chi connectivity index (χ3n) is 6.81. The zero-order chi connectivity index (χ0) is 24.4. The molecule has 35 heavy (non-hydrogen) atoms. The Bertz CT molecular complexity index is 1310. The van der Waals surface area contributed by atoms with Crippen molar-refractivity contribution in [3.63, 3.8) is 0 Å². The highest BCUT2D eigenvalue weighted by molar-refractivity contribution is 8.00. The molecule has 1 saturated heterocycles. The standard InChI is InChI=1S/C27H31N5O2S/c1-18(31-15-7-4-8-16-31)26-29-30-27(32(26)20-11-13-21(34-3)14-12-20)35-19(2)25(33)23-17-28-24-10-6-5-9-22(23)24/h5-6,9-14,17-19,28H,4,7-8,15-16H2,1-3H3/t18-,19+/m1/s1. The summed E-state index contributed by atoms with van der Waals surface area (Å²) in [6.07, 6.45) is 5.50. The molecule has 0 bridgehead atoms. The van der Waals surface area contributed by atoms with E-state index in [1.807, 2.05) is 61.7 Å². The number of hydrogen-bond acceptors (Lipinski definition) is 6. The summed E-state index contributed by atoms with van der Waals surface area (Å²) in [5.74, 6) is 1.76. The van der Waals surface area contributed by atoms with E-state index in [-0.39, 0.29) is 17.1 Å². The zero-order valence-corrected chi connectivity index (χ0v) is 21.2. The number of Topliss-reactive ketones (excluding diaryl/α,β-unsaturated/α-hetero) is 1. The van der Waals surface area contributed by atoms with Crippen LogP contribution >= 0.6 is 11.8 Å². The summed E-state index contributed by atoms with van der Waals surface area (Å²) in [5.41, 5.74) is 2.63. The third-order valence-corrected chi connectivity index (χ3v) is 7.85. The van der Waals surface area contributed by atoms with Gasteiger partial charge in [0.2, 0.25) is 0 Å². The molecular weight excluding hydrogens is 458 g/mol. The first-order valence-corrected chi connectivity index (χ1v) is 13.1. The topological polar surface area (TPSA) is 76.0 Å². The van der Waals surface area contributed by atoms with Gasteiger partial charge >= 0.3 is 0 Å². The lowest BCUT2D eigenvalue weighted by Gasteiger charge is -2.32. The number of para-hydroxylation sites is 1. The number of likely N-dealkylation sites (tertiary alicyclic amines) is 1. The quantitative estimate of drug-likeness (QED) is 0.254. The second-order valence-corrected chi connectivity index (χ2v) is 10.3. The van der Waals surface area contributed by atoms with Crippen LogP contribution in [0.2, 0.25) is 0 Å². The predicted octanol–water partition coefficient (Wildman–Crippen LogP) is 5.67. The van der Waals surface area contributed by atoms with Gasteiger partial charge in [-0.1, -0.05) is 36.4 Å². The molecule has 0 spiro atoms. The number of nitrogens with zero attached hydrogens (tertiary/aromatic N) is 4. The SMILES string of the molecule is COc1ccc(-n2c(S[C@@H](C)C(=O)c3c[nH]c4ccccc34)nnc2[C@@H](C)N2CCCCC2)cc1. The Labute approximate surface area is 209 Å². The average Bonchev–Trinajstić information content (AvgIpc) is 3.53. The Morgan fingerprint density at radius 1 is 1.03 bits per heavy atom. The summed E-state index contributed by atoms with van der Waals surface area (Å²) in [6.45, 7) is 6.27. The first kappa shape index (κ1) is 23.6. The highest BCUT2D eigenvalue weighted by Crippen LogP contribution is 2.33. The number of piperidine rings is 1. The first-order valence-electron chi connectivity index (χ1n) is 12.2. The molecule has 0 unspecified atom stereocenters. The van der Waals surface area contributed by atoms with Crippen LogP contribution in [0.4, 0.5) is 0 Å². The first-order chi connectivity index (χ1) is 17.1.